The summed E-state index contributed by atoms with van der Waals surface area (Å²) in [5.74, 6) is 0.656. The van der Waals surface area contributed by atoms with E-state index < -0.39 is 6.09 Å². The Morgan fingerprint density at radius 3 is 2.56 bits per heavy atom. The van der Waals surface area contributed by atoms with Crippen LogP contribution in [0.25, 0.3) is 0 Å². The Hall–Kier alpha value is -1.71. The van der Waals surface area contributed by atoms with Gasteiger partial charge in [-0.05, 0) is 37.5 Å². The third kappa shape index (κ3) is 5.08. The second-order valence-electron chi connectivity index (χ2n) is 4.87. The first-order valence-electron chi connectivity index (χ1n) is 6.23. The zero-order chi connectivity index (χ0) is 13.5. The first kappa shape index (κ1) is 14.4. The van der Waals surface area contributed by atoms with E-state index in [1.165, 1.54) is 7.11 Å². The third-order valence-electron chi connectivity index (χ3n) is 2.53. The molecule has 1 rings (SSSR count). The smallest absolute Gasteiger partial charge is 0.411 e. The lowest BCUT2D eigenvalue weighted by Crippen LogP contribution is -2.17. The maximum atomic E-state index is 11.1. The Bertz CT molecular complexity index is 391. The van der Waals surface area contributed by atoms with Gasteiger partial charge in [-0.15, -0.1) is 0 Å². The maximum Gasteiger partial charge on any atom is 0.411 e. The van der Waals surface area contributed by atoms with E-state index in [9.17, 15) is 4.79 Å². The fourth-order valence-electron chi connectivity index (χ4n) is 1.91. The standard InChI is InChI=1S/C14H22N2O2/c1-10(2)8-11(3)15-12-6-5-7-13(9-12)16-14(17)18-4/h5-7,9-11,15H,8H2,1-4H3,(H,16,17). The van der Waals surface area contributed by atoms with E-state index in [1.807, 2.05) is 24.3 Å². The average Bonchev–Trinajstić information content (AvgIpc) is 2.28. The molecule has 0 saturated carbocycles. The molecule has 1 unspecified atom stereocenters. The number of amides is 1. The van der Waals surface area contributed by atoms with Crippen molar-refractivity contribution in [3.05, 3.63) is 24.3 Å². The second-order valence-corrected chi connectivity index (χ2v) is 4.87. The van der Waals surface area contributed by atoms with Gasteiger partial charge in [-0.3, -0.25) is 5.32 Å². The van der Waals surface area contributed by atoms with Gasteiger partial charge in [0.05, 0.1) is 7.11 Å². The van der Waals surface area contributed by atoms with Crippen molar-refractivity contribution in [3.8, 4) is 0 Å². The van der Waals surface area contributed by atoms with Crippen LogP contribution in [0.2, 0.25) is 0 Å². The number of carbonyl (C=O) groups is 1. The van der Waals surface area contributed by atoms with Crippen molar-refractivity contribution >= 4 is 17.5 Å². The lowest BCUT2D eigenvalue weighted by atomic mass is 10.1. The quantitative estimate of drug-likeness (QED) is 0.837. The minimum atomic E-state index is -0.456. The largest absolute Gasteiger partial charge is 0.453 e. The van der Waals surface area contributed by atoms with E-state index in [0.29, 0.717) is 12.0 Å². The van der Waals surface area contributed by atoms with E-state index in [1.54, 1.807) is 0 Å². The predicted molar refractivity (Wildman–Crippen MR) is 75.0 cm³/mol. The molecule has 2 N–H and O–H groups in total. The molecule has 1 atom stereocenters. The Morgan fingerprint density at radius 1 is 1.28 bits per heavy atom. The van der Waals surface area contributed by atoms with E-state index in [0.717, 1.165) is 17.8 Å². The summed E-state index contributed by atoms with van der Waals surface area (Å²) in [5, 5.41) is 6.06. The molecule has 0 radical (unpaired) electrons. The highest BCUT2D eigenvalue weighted by atomic mass is 16.5. The highest BCUT2D eigenvalue weighted by Crippen LogP contribution is 2.17. The Kier molecular flexibility index (Phi) is 5.49. The number of benzene rings is 1. The molecule has 1 amide bonds. The Balaban J connectivity index is 2.61. The van der Waals surface area contributed by atoms with Crippen molar-refractivity contribution in [1.29, 1.82) is 0 Å². The normalized spacial score (nSPS) is 12.1. The summed E-state index contributed by atoms with van der Waals surface area (Å²) in [6.45, 7) is 6.56. The number of ether oxygens (including phenoxy) is 1. The SMILES string of the molecule is COC(=O)Nc1cccc(NC(C)CC(C)C)c1. The third-order valence-corrected chi connectivity index (χ3v) is 2.53. The summed E-state index contributed by atoms with van der Waals surface area (Å²) in [7, 11) is 1.35. The lowest BCUT2D eigenvalue weighted by Gasteiger charge is -2.17. The molecule has 4 heteroatoms. The van der Waals surface area contributed by atoms with E-state index >= 15 is 0 Å². The molecule has 18 heavy (non-hydrogen) atoms. The molecule has 1 aromatic rings. The highest BCUT2D eigenvalue weighted by Gasteiger charge is 2.06. The molecule has 1 aromatic carbocycles. The number of rotatable bonds is 5. The van der Waals surface area contributed by atoms with Gasteiger partial charge in [0.1, 0.15) is 0 Å². The van der Waals surface area contributed by atoms with Crippen molar-refractivity contribution in [3.63, 3.8) is 0 Å². The molecule has 0 heterocycles. The molecule has 0 aliphatic heterocycles. The molecule has 0 saturated heterocycles. The van der Waals surface area contributed by atoms with Crippen LogP contribution in [0.3, 0.4) is 0 Å². The van der Waals surface area contributed by atoms with Gasteiger partial charge in [-0.25, -0.2) is 4.79 Å². The van der Waals surface area contributed by atoms with E-state index in [-0.39, 0.29) is 0 Å². The van der Waals surface area contributed by atoms with Crippen molar-refractivity contribution in [1.82, 2.24) is 0 Å². The molecule has 0 bridgehead atoms. The van der Waals surface area contributed by atoms with Crippen LogP contribution < -0.4 is 10.6 Å². The fraction of sp³-hybridized carbons (Fsp3) is 0.500. The number of hydrogen-bond donors (Lipinski definition) is 2. The summed E-state index contributed by atoms with van der Waals surface area (Å²) in [4.78, 5) is 11.1. The monoisotopic (exact) mass is 250 g/mol. The second kappa shape index (κ2) is 6.89. The number of carbonyl (C=O) groups excluding carboxylic acids is 1. The Morgan fingerprint density at radius 2 is 1.94 bits per heavy atom. The minimum absolute atomic E-state index is 0.401. The zero-order valence-corrected chi connectivity index (χ0v) is 11.5. The molecule has 0 fully saturated rings. The van der Waals surface area contributed by atoms with Gasteiger partial charge in [-0.1, -0.05) is 19.9 Å². The number of anilines is 2. The predicted octanol–water partition coefficient (Wildman–Crippen LogP) is 3.71. The van der Waals surface area contributed by atoms with Crippen LogP contribution in [-0.2, 0) is 4.74 Å². The van der Waals surface area contributed by atoms with Crippen LogP contribution in [0, 0.1) is 5.92 Å². The van der Waals surface area contributed by atoms with Crippen LogP contribution in [0.1, 0.15) is 27.2 Å². The number of hydrogen-bond acceptors (Lipinski definition) is 3. The molecular formula is C14H22N2O2. The van der Waals surface area contributed by atoms with Gasteiger partial charge in [0.2, 0.25) is 0 Å². The minimum Gasteiger partial charge on any atom is -0.453 e. The van der Waals surface area contributed by atoms with E-state index in [4.69, 9.17) is 0 Å². The fourth-order valence-corrected chi connectivity index (χ4v) is 1.91. The van der Waals surface area contributed by atoms with Crippen LogP contribution in [0.4, 0.5) is 16.2 Å². The summed E-state index contributed by atoms with van der Waals surface area (Å²) in [6.07, 6.45) is 0.650. The van der Waals surface area contributed by atoms with Crippen LogP contribution >= 0.6 is 0 Å². The maximum absolute atomic E-state index is 11.1. The first-order chi connectivity index (χ1) is 8.51. The molecular weight excluding hydrogens is 228 g/mol. The topological polar surface area (TPSA) is 50.4 Å². The van der Waals surface area contributed by atoms with Crippen molar-refractivity contribution in [2.75, 3.05) is 17.7 Å². The average molecular weight is 250 g/mol. The molecule has 0 aliphatic rings. The molecule has 0 aliphatic carbocycles. The van der Waals surface area contributed by atoms with Gasteiger partial charge < -0.3 is 10.1 Å². The summed E-state index contributed by atoms with van der Waals surface area (Å²) in [5.41, 5.74) is 1.72. The van der Waals surface area contributed by atoms with Crippen molar-refractivity contribution in [2.24, 2.45) is 5.92 Å². The van der Waals surface area contributed by atoms with Gasteiger partial charge in [0.25, 0.3) is 0 Å². The van der Waals surface area contributed by atoms with Crippen LogP contribution in [0.15, 0.2) is 24.3 Å². The Labute approximate surface area is 109 Å². The molecule has 100 valence electrons. The lowest BCUT2D eigenvalue weighted by molar-refractivity contribution is 0.187. The highest BCUT2D eigenvalue weighted by molar-refractivity contribution is 5.85. The number of methoxy groups -OCH3 is 1. The summed E-state index contributed by atoms with van der Waals surface area (Å²) >= 11 is 0. The molecule has 0 spiro atoms. The van der Waals surface area contributed by atoms with E-state index in [2.05, 4.69) is 36.1 Å². The van der Waals surface area contributed by atoms with Crippen molar-refractivity contribution < 1.29 is 9.53 Å². The first-order valence-corrected chi connectivity index (χ1v) is 6.23. The van der Waals surface area contributed by atoms with Gasteiger partial charge in [0.15, 0.2) is 0 Å². The zero-order valence-electron chi connectivity index (χ0n) is 11.5. The molecule has 4 nitrogen and oxygen atoms in total. The van der Waals surface area contributed by atoms with Gasteiger partial charge in [-0.2, -0.15) is 0 Å². The van der Waals surface area contributed by atoms with Crippen LogP contribution in [0.5, 0.6) is 0 Å². The molecule has 0 aromatic heterocycles. The summed E-state index contributed by atoms with van der Waals surface area (Å²) in [6, 6.07) is 8.01. The van der Waals surface area contributed by atoms with Crippen LogP contribution in [-0.4, -0.2) is 19.2 Å². The number of nitrogens with one attached hydrogen (secondary N) is 2. The summed E-state index contributed by atoms with van der Waals surface area (Å²) < 4.78 is 4.56. The van der Waals surface area contributed by atoms with Gasteiger partial charge >= 0.3 is 6.09 Å². The van der Waals surface area contributed by atoms with Crippen molar-refractivity contribution in [2.45, 2.75) is 33.2 Å². The van der Waals surface area contributed by atoms with Gasteiger partial charge in [0, 0.05) is 17.4 Å².